The molecule has 2 aliphatic rings. The Hall–Kier alpha value is -3.53. The fourth-order valence-corrected chi connectivity index (χ4v) is 5.90. The van der Waals surface area contributed by atoms with E-state index in [2.05, 4.69) is 10.6 Å². The smallest absolute Gasteiger partial charge is 0.407 e. The molecule has 1 heterocycles. The van der Waals surface area contributed by atoms with E-state index in [1.165, 1.54) is 16.7 Å². The van der Waals surface area contributed by atoms with E-state index in [1.807, 2.05) is 55.5 Å². The summed E-state index contributed by atoms with van der Waals surface area (Å²) < 4.78 is 5.39. The molecule has 1 fully saturated rings. The van der Waals surface area contributed by atoms with Crippen molar-refractivity contribution in [2.75, 3.05) is 25.4 Å². The Kier molecular flexibility index (Phi) is 7.60. The first-order valence-electron chi connectivity index (χ1n) is 11.4. The highest BCUT2D eigenvalue weighted by atomic mass is 32.2. The van der Waals surface area contributed by atoms with Crippen molar-refractivity contribution in [3.63, 3.8) is 0 Å². The van der Waals surface area contributed by atoms with Crippen LogP contribution in [0.1, 0.15) is 30.4 Å². The number of ether oxygens (including phenoxy) is 1. The van der Waals surface area contributed by atoms with Crippen LogP contribution in [0.15, 0.2) is 48.5 Å². The maximum Gasteiger partial charge on any atom is 0.407 e. The number of carboxylic acid groups (broad SMARTS) is 1. The average molecular weight is 498 g/mol. The van der Waals surface area contributed by atoms with Gasteiger partial charge in [-0.25, -0.2) is 9.59 Å². The third-order valence-electron chi connectivity index (χ3n) is 6.19. The summed E-state index contributed by atoms with van der Waals surface area (Å²) in [6.45, 7) is 1.30. The van der Waals surface area contributed by atoms with Crippen LogP contribution in [0.5, 0.6) is 0 Å². The van der Waals surface area contributed by atoms with E-state index in [1.54, 1.807) is 0 Å². The monoisotopic (exact) mass is 497 g/mol. The highest BCUT2D eigenvalue weighted by molar-refractivity contribution is 8.00. The van der Waals surface area contributed by atoms with Crippen LogP contribution < -0.4 is 10.6 Å². The van der Waals surface area contributed by atoms with Crippen LogP contribution in [0.3, 0.4) is 0 Å². The largest absolute Gasteiger partial charge is 0.480 e. The van der Waals surface area contributed by atoms with E-state index in [4.69, 9.17) is 4.74 Å². The Morgan fingerprint density at radius 2 is 1.63 bits per heavy atom. The van der Waals surface area contributed by atoms with E-state index >= 15 is 0 Å². The number of nitrogens with one attached hydrogen (secondary N) is 2. The summed E-state index contributed by atoms with van der Waals surface area (Å²) in [5.41, 5.74) is 4.41. The van der Waals surface area contributed by atoms with Gasteiger partial charge in [-0.2, -0.15) is 0 Å². The van der Waals surface area contributed by atoms with E-state index in [9.17, 15) is 24.3 Å². The number of amides is 3. The van der Waals surface area contributed by atoms with Gasteiger partial charge in [-0.15, -0.1) is 11.8 Å². The number of nitrogens with zero attached hydrogens (tertiary/aromatic N) is 1. The summed E-state index contributed by atoms with van der Waals surface area (Å²) in [5, 5.41) is 14.0. The van der Waals surface area contributed by atoms with Crippen LogP contribution in [-0.2, 0) is 19.1 Å². The molecule has 9 nitrogen and oxygen atoms in total. The summed E-state index contributed by atoms with van der Waals surface area (Å²) in [5.74, 6) is -1.88. The van der Waals surface area contributed by atoms with Crippen LogP contribution in [0.4, 0.5) is 4.79 Å². The lowest BCUT2D eigenvalue weighted by atomic mass is 9.98. The minimum Gasteiger partial charge on any atom is -0.480 e. The molecule has 10 heteroatoms. The van der Waals surface area contributed by atoms with Crippen molar-refractivity contribution in [3.05, 3.63) is 59.7 Å². The highest BCUT2D eigenvalue weighted by Crippen LogP contribution is 2.44. The van der Waals surface area contributed by atoms with Crippen LogP contribution >= 0.6 is 11.8 Å². The summed E-state index contributed by atoms with van der Waals surface area (Å²) in [6.07, 6.45) is -0.126. The highest BCUT2D eigenvalue weighted by Gasteiger charge is 2.40. The molecule has 35 heavy (non-hydrogen) atoms. The van der Waals surface area contributed by atoms with E-state index in [-0.39, 0.29) is 31.0 Å². The molecule has 1 saturated heterocycles. The molecule has 2 atom stereocenters. The normalized spacial score (nSPS) is 18.5. The predicted octanol–water partition coefficient (Wildman–Crippen LogP) is 2.41. The topological polar surface area (TPSA) is 125 Å². The van der Waals surface area contributed by atoms with Gasteiger partial charge in [0.15, 0.2) is 0 Å². The number of rotatable bonds is 8. The summed E-state index contributed by atoms with van der Waals surface area (Å²) in [4.78, 5) is 49.7. The molecule has 0 aromatic heterocycles. The maximum atomic E-state index is 12.5. The van der Waals surface area contributed by atoms with Crippen LogP contribution in [0.2, 0.25) is 0 Å². The van der Waals surface area contributed by atoms with Crippen molar-refractivity contribution in [2.45, 2.75) is 30.7 Å². The Labute approximate surface area is 207 Å². The molecule has 3 amide bonds. The van der Waals surface area contributed by atoms with Crippen molar-refractivity contribution < 1.29 is 29.0 Å². The standard InChI is InChI=1S/C25H27N3O6S/c1-2-23-28(20(14-35-23)24(31)32)22(30)12-26-21(29)11-27-25(33)34-13-19-17-9-5-3-7-15(17)16-8-4-6-10-18(16)19/h3-10,19-20,23H,2,11-14H2,1H3,(H,26,29)(H,27,33)(H,31,32). The number of hydrogen-bond acceptors (Lipinski definition) is 6. The number of benzene rings is 2. The number of aliphatic carboxylic acids is 1. The van der Waals surface area contributed by atoms with Gasteiger partial charge in [-0.1, -0.05) is 55.5 Å². The van der Waals surface area contributed by atoms with Gasteiger partial charge in [0.1, 0.15) is 19.2 Å². The minimum absolute atomic E-state index is 0.0911. The summed E-state index contributed by atoms with van der Waals surface area (Å²) >= 11 is 1.41. The first-order valence-corrected chi connectivity index (χ1v) is 12.5. The third kappa shape index (κ3) is 5.27. The molecule has 0 radical (unpaired) electrons. The molecule has 0 saturated carbocycles. The van der Waals surface area contributed by atoms with E-state index in [0.29, 0.717) is 12.2 Å². The van der Waals surface area contributed by atoms with Gasteiger partial charge >= 0.3 is 12.1 Å². The fourth-order valence-electron chi connectivity index (χ4n) is 4.53. The lowest BCUT2D eigenvalue weighted by Crippen LogP contribution is -2.50. The Balaban J connectivity index is 1.24. The zero-order valence-electron chi connectivity index (χ0n) is 19.2. The van der Waals surface area contributed by atoms with Crippen molar-refractivity contribution in [3.8, 4) is 11.1 Å². The lowest BCUT2D eigenvalue weighted by molar-refractivity contribution is -0.148. The van der Waals surface area contributed by atoms with Gasteiger partial charge in [0.2, 0.25) is 11.8 Å². The molecular weight excluding hydrogens is 470 g/mol. The predicted molar refractivity (Wildman–Crippen MR) is 131 cm³/mol. The SMILES string of the molecule is CCC1SCC(C(=O)O)N1C(=O)CNC(=O)CNC(=O)OCC1c2ccccc2-c2ccccc21. The van der Waals surface area contributed by atoms with E-state index < -0.39 is 29.9 Å². The molecule has 3 N–H and O–H groups in total. The first kappa shape index (κ1) is 24.6. The zero-order valence-corrected chi connectivity index (χ0v) is 20.0. The molecule has 1 aliphatic carbocycles. The quantitative estimate of drug-likeness (QED) is 0.511. The van der Waals surface area contributed by atoms with Crippen molar-refractivity contribution in [1.82, 2.24) is 15.5 Å². The number of thioether (sulfide) groups is 1. The van der Waals surface area contributed by atoms with Crippen molar-refractivity contribution in [2.24, 2.45) is 0 Å². The number of carbonyl (C=O) groups excluding carboxylic acids is 3. The first-order chi connectivity index (χ1) is 16.9. The van der Waals surface area contributed by atoms with Crippen molar-refractivity contribution in [1.29, 1.82) is 0 Å². The second-order valence-electron chi connectivity index (χ2n) is 8.31. The summed E-state index contributed by atoms with van der Waals surface area (Å²) in [7, 11) is 0. The van der Waals surface area contributed by atoms with Gasteiger partial charge in [0, 0.05) is 11.7 Å². The molecule has 4 rings (SSSR count). The molecule has 0 bridgehead atoms. The molecule has 2 aromatic rings. The van der Waals surface area contributed by atoms with Crippen LogP contribution in [0, 0.1) is 0 Å². The van der Waals surface area contributed by atoms with Gasteiger partial charge in [0.05, 0.1) is 11.9 Å². The Bertz CT molecular complexity index is 1090. The number of alkyl carbamates (subject to hydrolysis) is 1. The molecule has 2 aromatic carbocycles. The second kappa shape index (κ2) is 10.8. The van der Waals surface area contributed by atoms with E-state index in [0.717, 1.165) is 22.3 Å². The van der Waals surface area contributed by atoms with Gasteiger partial charge in [-0.05, 0) is 28.7 Å². The molecular formula is C25H27N3O6S. The number of carboxylic acids is 1. The van der Waals surface area contributed by atoms with Gasteiger partial charge in [0.25, 0.3) is 0 Å². The van der Waals surface area contributed by atoms with Crippen LogP contribution in [0.25, 0.3) is 11.1 Å². The minimum atomic E-state index is -1.06. The molecule has 2 unspecified atom stereocenters. The Morgan fingerprint density at radius 1 is 1.00 bits per heavy atom. The van der Waals surface area contributed by atoms with Gasteiger partial charge < -0.3 is 25.4 Å². The number of fused-ring (bicyclic) bond motifs is 3. The lowest BCUT2D eigenvalue weighted by Gasteiger charge is -2.26. The average Bonchev–Trinajstić information content (AvgIpc) is 3.44. The Morgan fingerprint density at radius 3 is 2.23 bits per heavy atom. The van der Waals surface area contributed by atoms with Crippen LogP contribution in [-0.4, -0.2) is 70.7 Å². The molecule has 184 valence electrons. The maximum absolute atomic E-state index is 12.5. The molecule has 0 spiro atoms. The number of carbonyl (C=O) groups is 4. The second-order valence-corrected chi connectivity index (χ2v) is 9.52. The zero-order chi connectivity index (χ0) is 24.9. The third-order valence-corrected chi connectivity index (χ3v) is 7.64. The van der Waals surface area contributed by atoms with Gasteiger partial charge in [-0.3, -0.25) is 9.59 Å². The fraction of sp³-hybridized carbons (Fsp3) is 0.360. The molecule has 1 aliphatic heterocycles. The van der Waals surface area contributed by atoms with Crippen molar-refractivity contribution >= 4 is 35.6 Å². The number of hydrogen-bond donors (Lipinski definition) is 3. The summed E-state index contributed by atoms with van der Waals surface area (Å²) in [6, 6.07) is 15.1.